The van der Waals surface area contributed by atoms with Gasteiger partial charge in [0.1, 0.15) is 35.9 Å². The quantitative estimate of drug-likeness (QED) is 0.262. The van der Waals surface area contributed by atoms with Crippen molar-refractivity contribution in [2.45, 2.75) is 57.0 Å². The second kappa shape index (κ2) is 12.9. The molecule has 0 saturated carbocycles. The third-order valence-corrected chi connectivity index (χ3v) is 6.98. The van der Waals surface area contributed by atoms with Gasteiger partial charge in [-0.25, -0.2) is 4.79 Å². The number of aliphatic hydroxyl groups excluding tert-OH is 4. The first-order valence-electron chi connectivity index (χ1n) is 13.1. The minimum atomic E-state index is -1.62. The molecular formula is C29H36N2O10. The molecule has 0 bridgehead atoms. The van der Waals surface area contributed by atoms with Gasteiger partial charge in [-0.3, -0.25) is 4.68 Å². The summed E-state index contributed by atoms with van der Waals surface area (Å²) in [4.78, 5) is 12.0. The van der Waals surface area contributed by atoms with Gasteiger partial charge < -0.3 is 44.1 Å². The zero-order valence-corrected chi connectivity index (χ0v) is 23.6. The highest BCUT2D eigenvalue weighted by Crippen LogP contribution is 2.38. The summed E-state index contributed by atoms with van der Waals surface area (Å²) in [6.45, 7) is 3.28. The average Bonchev–Trinajstić information content (AvgIpc) is 3.34. The summed E-state index contributed by atoms with van der Waals surface area (Å²) in [6, 6.07) is 12.1. The van der Waals surface area contributed by atoms with Gasteiger partial charge in [0.25, 0.3) is 0 Å². The van der Waals surface area contributed by atoms with Crippen LogP contribution >= 0.6 is 0 Å². The van der Waals surface area contributed by atoms with Gasteiger partial charge in [-0.1, -0.05) is 18.2 Å². The van der Waals surface area contributed by atoms with Gasteiger partial charge in [0.05, 0.1) is 39.2 Å². The predicted octanol–water partition coefficient (Wildman–Crippen LogP) is 1.70. The van der Waals surface area contributed by atoms with Gasteiger partial charge in [0.15, 0.2) is 0 Å². The fourth-order valence-corrected chi connectivity index (χ4v) is 4.73. The molecular weight excluding hydrogens is 536 g/mol. The van der Waals surface area contributed by atoms with Gasteiger partial charge in [-0.05, 0) is 37.6 Å². The first kappa shape index (κ1) is 30.3. The van der Waals surface area contributed by atoms with Crippen LogP contribution in [0, 0.1) is 0 Å². The van der Waals surface area contributed by atoms with Crippen LogP contribution < -0.4 is 14.2 Å². The van der Waals surface area contributed by atoms with E-state index in [9.17, 15) is 25.2 Å². The van der Waals surface area contributed by atoms with Crippen molar-refractivity contribution >= 4 is 5.97 Å². The van der Waals surface area contributed by atoms with Crippen LogP contribution in [0.4, 0.5) is 0 Å². The number of hydrogen-bond donors (Lipinski definition) is 4. The molecule has 12 heteroatoms. The fraction of sp³-hybridized carbons (Fsp3) is 0.448. The molecule has 1 fully saturated rings. The average molecular weight is 573 g/mol. The molecule has 3 aromatic rings. The zero-order valence-electron chi connectivity index (χ0n) is 23.6. The van der Waals surface area contributed by atoms with E-state index in [1.807, 2.05) is 19.9 Å². The third kappa shape index (κ3) is 6.16. The van der Waals surface area contributed by atoms with Crippen molar-refractivity contribution in [3.63, 3.8) is 0 Å². The van der Waals surface area contributed by atoms with E-state index in [4.69, 9.17) is 28.8 Å². The molecule has 0 aliphatic carbocycles. The molecule has 1 aromatic heterocycles. The number of carbonyl (C=O) groups excluding carboxylic acids is 1. The number of rotatable bonds is 10. The lowest BCUT2D eigenvalue weighted by Gasteiger charge is -2.39. The van der Waals surface area contributed by atoms with Crippen molar-refractivity contribution in [3.05, 3.63) is 59.2 Å². The summed E-state index contributed by atoms with van der Waals surface area (Å²) in [5.74, 6) is 0.809. The lowest BCUT2D eigenvalue weighted by atomic mass is 9.98. The molecule has 0 spiro atoms. The van der Waals surface area contributed by atoms with Crippen LogP contribution in [0.1, 0.15) is 41.4 Å². The smallest absolute Gasteiger partial charge is 0.337 e. The molecule has 1 saturated heterocycles. The van der Waals surface area contributed by atoms with Crippen molar-refractivity contribution < 1.29 is 48.9 Å². The highest BCUT2D eigenvalue weighted by molar-refractivity contribution is 5.90. The van der Waals surface area contributed by atoms with Gasteiger partial charge in [-0.2, -0.15) is 0 Å². The van der Waals surface area contributed by atoms with E-state index in [-0.39, 0.29) is 18.3 Å². The Bertz CT molecular complexity index is 1340. The minimum Gasteiger partial charge on any atom is -0.497 e. The van der Waals surface area contributed by atoms with E-state index >= 15 is 0 Å². The summed E-state index contributed by atoms with van der Waals surface area (Å²) in [7, 11) is 4.42. The molecule has 2 aromatic carbocycles. The number of esters is 1. The lowest BCUT2D eigenvalue weighted by molar-refractivity contribution is -0.278. The zero-order chi connectivity index (χ0) is 29.8. The van der Waals surface area contributed by atoms with E-state index in [1.54, 1.807) is 55.3 Å². The molecule has 0 radical (unpaired) electrons. The molecule has 41 heavy (non-hydrogen) atoms. The first-order valence-corrected chi connectivity index (χ1v) is 13.1. The largest absolute Gasteiger partial charge is 0.497 e. The molecule has 1 aliphatic heterocycles. The maximum absolute atomic E-state index is 12.0. The number of hydrogen-bond acceptors (Lipinski definition) is 11. The van der Waals surface area contributed by atoms with Gasteiger partial charge in [0, 0.05) is 29.7 Å². The van der Waals surface area contributed by atoms with Crippen LogP contribution in [-0.2, 0) is 15.9 Å². The predicted molar refractivity (Wildman–Crippen MR) is 146 cm³/mol. The molecule has 1 aliphatic rings. The highest BCUT2D eigenvalue weighted by Gasteiger charge is 2.45. The summed E-state index contributed by atoms with van der Waals surface area (Å²) in [6.07, 6.45) is -7.10. The number of aromatic nitrogens is 2. The van der Waals surface area contributed by atoms with Crippen LogP contribution in [0.25, 0.3) is 11.3 Å². The topological polar surface area (TPSA) is 162 Å². The van der Waals surface area contributed by atoms with Crippen molar-refractivity contribution in [2.24, 2.45) is 0 Å². The minimum absolute atomic E-state index is 0.105. The van der Waals surface area contributed by atoms with E-state index < -0.39 is 43.3 Å². The number of nitrogens with zero attached hydrogens (tertiary/aromatic N) is 2. The molecule has 0 unspecified atom stereocenters. The number of aliphatic hydroxyl groups is 4. The lowest BCUT2D eigenvalue weighted by Crippen LogP contribution is -2.60. The SMILES string of the molecule is COC(=O)c1ccc(-c2c(Cc3ccc(OC)cc3OC)c(O[C@@H]3O[C@H](CO)[C@@H](O)[C@H](O)[C@H]3O)nn2C(C)C)cc1. The van der Waals surface area contributed by atoms with Gasteiger partial charge in [-0.15, -0.1) is 5.10 Å². The highest BCUT2D eigenvalue weighted by atomic mass is 16.7. The van der Waals surface area contributed by atoms with Crippen molar-refractivity contribution in [1.29, 1.82) is 0 Å². The van der Waals surface area contributed by atoms with Crippen molar-refractivity contribution in [2.75, 3.05) is 27.9 Å². The Hall–Kier alpha value is -3.68. The summed E-state index contributed by atoms with van der Waals surface area (Å²) in [5.41, 5.74) is 3.16. The Labute approximate surface area is 237 Å². The van der Waals surface area contributed by atoms with Crippen LogP contribution in [0.2, 0.25) is 0 Å². The van der Waals surface area contributed by atoms with Crippen LogP contribution in [0.5, 0.6) is 17.4 Å². The Morgan fingerprint density at radius 2 is 1.71 bits per heavy atom. The standard InChI is InChI=1S/C29H36N2O10/c1-15(2)31-23(16-6-8-17(9-7-16)28(36)39-5)20(12-18-10-11-19(37-3)13-21(18)38-4)27(30-31)41-29-26(35)25(34)24(33)22(14-32)40-29/h6-11,13,15,22,24-26,29,32-35H,12,14H2,1-5H3/t22-,24-,25+,26-,29+/m1/s1. The molecule has 4 N–H and O–H groups in total. The Kier molecular flexibility index (Phi) is 9.51. The summed E-state index contributed by atoms with van der Waals surface area (Å²) in [5, 5.41) is 45.5. The molecule has 5 atom stereocenters. The van der Waals surface area contributed by atoms with Gasteiger partial charge >= 0.3 is 5.97 Å². The normalized spacial score (nSPS) is 22.4. The van der Waals surface area contributed by atoms with E-state index in [0.717, 1.165) is 11.1 Å². The molecule has 222 valence electrons. The Morgan fingerprint density at radius 1 is 1.00 bits per heavy atom. The van der Waals surface area contributed by atoms with Crippen molar-refractivity contribution in [1.82, 2.24) is 9.78 Å². The number of carbonyl (C=O) groups is 1. The molecule has 0 amide bonds. The maximum Gasteiger partial charge on any atom is 0.337 e. The summed E-state index contributed by atoms with van der Waals surface area (Å²) < 4.78 is 29.2. The Morgan fingerprint density at radius 3 is 2.29 bits per heavy atom. The second-order valence-electron chi connectivity index (χ2n) is 9.91. The second-order valence-corrected chi connectivity index (χ2v) is 9.91. The Balaban J connectivity index is 1.85. The van der Waals surface area contributed by atoms with E-state index in [2.05, 4.69) is 0 Å². The van der Waals surface area contributed by atoms with Gasteiger partial charge in [0.2, 0.25) is 12.2 Å². The number of ether oxygens (including phenoxy) is 5. The van der Waals surface area contributed by atoms with E-state index in [1.165, 1.54) is 7.11 Å². The maximum atomic E-state index is 12.0. The summed E-state index contributed by atoms with van der Waals surface area (Å²) >= 11 is 0. The van der Waals surface area contributed by atoms with E-state index in [0.29, 0.717) is 28.3 Å². The fourth-order valence-electron chi connectivity index (χ4n) is 4.73. The van der Waals surface area contributed by atoms with Crippen LogP contribution in [-0.4, -0.2) is 94.8 Å². The molecule has 12 nitrogen and oxygen atoms in total. The number of benzene rings is 2. The monoisotopic (exact) mass is 572 g/mol. The molecule has 4 rings (SSSR count). The van der Waals surface area contributed by atoms with Crippen LogP contribution in [0.3, 0.4) is 0 Å². The first-order chi connectivity index (χ1) is 19.6. The van der Waals surface area contributed by atoms with Crippen molar-refractivity contribution in [3.8, 4) is 28.6 Å². The molecule has 2 heterocycles. The third-order valence-electron chi connectivity index (χ3n) is 6.98. The van der Waals surface area contributed by atoms with Crippen LogP contribution in [0.15, 0.2) is 42.5 Å². The number of methoxy groups -OCH3 is 3.